The highest BCUT2D eigenvalue weighted by atomic mass is 16.2. The van der Waals surface area contributed by atoms with Gasteiger partial charge >= 0.3 is 0 Å². The molecule has 4 bridgehead atoms. The molecule has 0 atom stereocenters. The minimum Gasteiger partial charge on any atom is -0.399 e. The van der Waals surface area contributed by atoms with Crippen LogP contribution >= 0.6 is 0 Å². The summed E-state index contributed by atoms with van der Waals surface area (Å²) in [6, 6.07) is 7.64. The quantitative estimate of drug-likeness (QED) is 0.847. The van der Waals surface area contributed by atoms with E-state index in [0.29, 0.717) is 17.7 Å². The van der Waals surface area contributed by atoms with Crippen LogP contribution in [0.4, 0.5) is 11.4 Å². The summed E-state index contributed by atoms with van der Waals surface area (Å²) in [7, 11) is 1.92. The number of carbonyl (C=O) groups is 1. The van der Waals surface area contributed by atoms with E-state index in [2.05, 4.69) is 0 Å². The first kappa shape index (κ1) is 13.2. The molecule has 3 heteroatoms. The van der Waals surface area contributed by atoms with Gasteiger partial charge in [0.05, 0.1) is 0 Å². The van der Waals surface area contributed by atoms with E-state index in [4.69, 9.17) is 5.73 Å². The Bertz CT molecular complexity index is 523. The van der Waals surface area contributed by atoms with Gasteiger partial charge in [0, 0.05) is 24.3 Å². The summed E-state index contributed by atoms with van der Waals surface area (Å²) in [6.45, 7) is 0. The number of hydrogen-bond acceptors (Lipinski definition) is 2. The SMILES string of the molecule is CN(C(=O)C1C2CC3CC(C2)CC1C3)c1ccc(N)cc1. The highest BCUT2D eigenvalue weighted by Crippen LogP contribution is 2.56. The molecular weight excluding hydrogens is 260 g/mol. The summed E-state index contributed by atoms with van der Waals surface area (Å²) in [5.74, 6) is 3.71. The Balaban J connectivity index is 1.55. The standard InChI is InChI=1S/C18H24N2O/c1-20(16-4-2-15(19)3-5-16)18(21)17-13-7-11-6-12(9-13)10-14(17)8-11/h2-5,11-14,17H,6-10,19H2,1H3. The van der Waals surface area contributed by atoms with Crippen molar-refractivity contribution in [2.24, 2.45) is 29.6 Å². The number of nitrogens with zero attached hydrogens (tertiary/aromatic N) is 1. The van der Waals surface area contributed by atoms with E-state index in [1.165, 1.54) is 32.1 Å². The van der Waals surface area contributed by atoms with Gasteiger partial charge in [-0.3, -0.25) is 4.79 Å². The lowest BCUT2D eigenvalue weighted by Gasteiger charge is -2.54. The van der Waals surface area contributed by atoms with E-state index in [1.807, 2.05) is 36.2 Å². The minimum atomic E-state index is 0.264. The summed E-state index contributed by atoms with van der Waals surface area (Å²) in [4.78, 5) is 14.9. The van der Waals surface area contributed by atoms with Crippen LogP contribution in [-0.4, -0.2) is 13.0 Å². The van der Waals surface area contributed by atoms with Crippen molar-refractivity contribution < 1.29 is 4.79 Å². The fourth-order valence-corrected chi connectivity index (χ4v) is 5.38. The van der Waals surface area contributed by atoms with Crippen molar-refractivity contribution in [3.63, 3.8) is 0 Å². The van der Waals surface area contributed by atoms with Crippen LogP contribution in [0.3, 0.4) is 0 Å². The number of carbonyl (C=O) groups excluding carboxylic acids is 1. The molecule has 3 nitrogen and oxygen atoms in total. The highest BCUT2D eigenvalue weighted by molar-refractivity contribution is 5.95. The van der Waals surface area contributed by atoms with Gasteiger partial charge < -0.3 is 10.6 Å². The minimum absolute atomic E-state index is 0.264. The van der Waals surface area contributed by atoms with Crippen molar-refractivity contribution in [2.75, 3.05) is 17.7 Å². The molecule has 4 saturated carbocycles. The van der Waals surface area contributed by atoms with Crippen LogP contribution in [0.1, 0.15) is 32.1 Å². The Morgan fingerprint density at radius 3 is 2.05 bits per heavy atom. The Morgan fingerprint density at radius 2 is 1.52 bits per heavy atom. The van der Waals surface area contributed by atoms with Crippen molar-refractivity contribution in [1.82, 2.24) is 0 Å². The third-order valence-electron chi connectivity index (χ3n) is 6.12. The van der Waals surface area contributed by atoms with E-state index in [-0.39, 0.29) is 5.92 Å². The predicted molar refractivity (Wildman–Crippen MR) is 84.8 cm³/mol. The molecule has 0 unspecified atom stereocenters. The third kappa shape index (κ3) is 2.14. The molecule has 0 heterocycles. The fraction of sp³-hybridized carbons (Fsp3) is 0.611. The highest BCUT2D eigenvalue weighted by Gasteiger charge is 2.51. The first-order chi connectivity index (χ1) is 10.1. The van der Waals surface area contributed by atoms with Crippen LogP contribution in [0.15, 0.2) is 24.3 Å². The molecule has 21 heavy (non-hydrogen) atoms. The van der Waals surface area contributed by atoms with Gasteiger partial charge in [0.15, 0.2) is 0 Å². The molecule has 4 fully saturated rings. The molecule has 1 amide bonds. The predicted octanol–water partition coefficient (Wildman–Crippen LogP) is 3.30. The third-order valence-corrected chi connectivity index (χ3v) is 6.12. The molecule has 2 N–H and O–H groups in total. The first-order valence-corrected chi connectivity index (χ1v) is 8.25. The van der Waals surface area contributed by atoms with Gasteiger partial charge in [-0.25, -0.2) is 0 Å². The van der Waals surface area contributed by atoms with Crippen molar-refractivity contribution in [3.8, 4) is 0 Å². The maximum Gasteiger partial charge on any atom is 0.230 e. The van der Waals surface area contributed by atoms with E-state index >= 15 is 0 Å². The lowest BCUT2D eigenvalue weighted by atomic mass is 9.51. The van der Waals surface area contributed by atoms with Gasteiger partial charge in [0.1, 0.15) is 0 Å². The van der Waals surface area contributed by atoms with E-state index in [0.717, 1.165) is 23.2 Å². The van der Waals surface area contributed by atoms with Gasteiger partial charge in [-0.2, -0.15) is 0 Å². The lowest BCUT2D eigenvalue weighted by Crippen LogP contribution is -2.51. The molecule has 0 radical (unpaired) electrons. The van der Waals surface area contributed by atoms with Crippen LogP contribution in [0.25, 0.3) is 0 Å². The Kier molecular flexibility index (Phi) is 2.98. The van der Waals surface area contributed by atoms with Crippen LogP contribution in [-0.2, 0) is 4.79 Å². The second kappa shape index (κ2) is 4.75. The van der Waals surface area contributed by atoms with Gasteiger partial charge in [0.2, 0.25) is 5.91 Å². The van der Waals surface area contributed by atoms with Crippen molar-refractivity contribution in [3.05, 3.63) is 24.3 Å². The number of rotatable bonds is 2. The monoisotopic (exact) mass is 284 g/mol. The molecule has 1 aromatic rings. The Morgan fingerprint density at radius 1 is 1.00 bits per heavy atom. The largest absolute Gasteiger partial charge is 0.399 e. The smallest absolute Gasteiger partial charge is 0.230 e. The number of nitrogens with two attached hydrogens (primary N) is 1. The average molecular weight is 284 g/mol. The van der Waals surface area contributed by atoms with Gasteiger partial charge in [0.25, 0.3) is 0 Å². The van der Waals surface area contributed by atoms with E-state index < -0.39 is 0 Å². The van der Waals surface area contributed by atoms with Crippen molar-refractivity contribution >= 4 is 17.3 Å². The summed E-state index contributed by atoms with van der Waals surface area (Å²) in [5.41, 5.74) is 7.44. The average Bonchev–Trinajstić information content (AvgIpc) is 2.46. The molecule has 4 aliphatic carbocycles. The van der Waals surface area contributed by atoms with Crippen LogP contribution in [0.2, 0.25) is 0 Å². The Labute approximate surface area is 126 Å². The van der Waals surface area contributed by atoms with E-state index in [1.54, 1.807) is 0 Å². The molecule has 112 valence electrons. The summed E-state index contributed by atoms with van der Waals surface area (Å²) in [5, 5.41) is 0. The zero-order valence-corrected chi connectivity index (χ0v) is 12.7. The molecule has 0 aliphatic heterocycles. The molecule has 0 aromatic heterocycles. The second-order valence-electron chi connectivity index (χ2n) is 7.45. The topological polar surface area (TPSA) is 46.3 Å². The van der Waals surface area contributed by atoms with Gasteiger partial charge in [-0.15, -0.1) is 0 Å². The Hall–Kier alpha value is -1.51. The number of nitrogen functional groups attached to an aromatic ring is 1. The summed E-state index contributed by atoms with van der Waals surface area (Å²) in [6.07, 6.45) is 6.59. The molecule has 1 aromatic carbocycles. The van der Waals surface area contributed by atoms with E-state index in [9.17, 15) is 4.79 Å². The zero-order valence-electron chi connectivity index (χ0n) is 12.7. The number of amides is 1. The maximum atomic E-state index is 13.0. The van der Waals surface area contributed by atoms with Crippen molar-refractivity contribution in [1.29, 1.82) is 0 Å². The molecular formula is C18H24N2O. The molecule has 0 spiro atoms. The van der Waals surface area contributed by atoms with Gasteiger partial charge in [-0.1, -0.05) is 0 Å². The fourth-order valence-electron chi connectivity index (χ4n) is 5.38. The number of hydrogen-bond donors (Lipinski definition) is 1. The van der Waals surface area contributed by atoms with Crippen LogP contribution in [0.5, 0.6) is 0 Å². The number of anilines is 2. The normalized spacial score (nSPS) is 36.7. The maximum absolute atomic E-state index is 13.0. The molecule has 5 rings (SSSR count). The number of benzene rings is 1. The van der Waals surface area contributed by atoms with Crippen LogP contribution < -0.4 is 10.6 Å². The lowest BCUT2D eigenvalue weighted by molar-refractivity contribution is -0.135. The first-order valence-electron chi connectivity index (χ1n) is 8.25. The zero-order chi connectivity index (χ0) is 14.6. The summed E-state index contributed by atoms with van der Waals surface area (Å²) >= 11 is 0. The van der Waals surface area contributed by atoms with Gasteiger partial charge in [-0.05, 0) is 80.0 Å². The molecule has 4 aliphatic rings. The van der Waals surface area contributed by atoms with Crippen LogP contribution in [0, 0.1) is 29.6 Å². The second-order valence-corrected chi connectivity index (χ2v) is 7.45. The summed E-state index contributed by atoms with van der Waals surface area (Å²) < 4.78 is 0. The molecule has 0 saturated heterocycles. The van der Waals surface area contributed by atoms with Crippen molar-refractivity contribution in [2.45, 2.75) is 32.1 Å².